The van der Waals surface area contributed by atoms with E-state index in [1.165, 1.54) is 0 Å². The summed E-state index contributed by atoms with van der Waals surface area (Å²) in [5.41, 5.74) is 1.50. The Hall–Kier alpha value is -2.50. The van der Waals surface area contributed by atoms with Crippen molar-refractivity contribution in [2.75, 3.05) is 26.3 Å². The molecule has 2 aliphatic heterocycles. The number of nitrogens with one attached hydrogen (secondary N) is 1. The molecule has 0 bridgehead atoms. The predicted molar refractivity (Wildman–Crippen MR) is 104 cm³/mol. The molecule has 2 heterocycles. The first-order valence-electron chi connectivity index (χ1n) is 9.68. The number of amides is 2. The molecule has 2 aliphatic rings. The van der Waals surface area contributed by atoms with Gasteiger partial charge in [0.15, 0.2) is 11.5 Å². The minimum atomic E-state index is -0.0116. The van der Waals surface area contributed by atoms with Crippen LogP contribution >= 0.6 is 0 Å². The number of nitrogens with zero attached hydrogens (tertiary/aromatic N) is 1. The van der Waals surface area contributed by atoms with Crippen LogP contribution in [0.5, 0.6) is 11.5 Å². The molecule has 1 N–H and O–H groups in total. The summed E-state index contributed by atoms with van der Waals surface area (Å²) >= 11 is 0. The van der Waals surface area contributed by atoms with Crippen molar-refractivity contribution in [1.29, 1.82) is 0 Å². The van der Waals surface area contributed by atoms with Crippen LogP contribution in [0.25, 0.3) is 6.08 Å². The molecule has 0 aliphatic carbocycles. The molecule has 0 aromatic heterocycles. The van der Waals surface area contributed by atoms with Crippen molar-refractivity contribution in [2.24, 2.45) is 5.92 Å². The minimum Gasteiger partial charge on any atom is -0.490 e. The van der Waals surface area contributed by atoms with Crippen LogP contribution in [0.2, 0.25) is 0 Å². The summed E-state index contributed by atoms with van der Waals surface area (Å²) < 4.78 is 11.4. The van der Waals surface area contributed by atoms with E-state index in [9.17, 15) is 9.59 Å². The lowest BCUT2D eigenvalue weighted by molar-refractivity contribution is -0.133. The lowest BCUT2D eigenvalue weighted by Gasteiger charge is -2.33. The summed E-state index contributed by atoms with van der Waals surface area (Å²) in [6.07, 6.45) is 3.29. The molecule has 0 saturated carbocycles. The maximum absolute atomic E-state index is 12.9. The van der Waals surface area contributed by atoms with E-state index in [-0.39, 0.29) is 30.4 Å². The second-order valence-corrected chi connectivity index (χ2v) is 7.30. The van der Waals surface area contributed by atoms with Gasteiger partial charge in [0.2, 0.25) is 5.91 Å². The molecular weight excluding hydrogens is 344 g/mol. The van der Waals surface area contributed by atoms with E-state index >= 15 is 0 Å². The molecule has 1 aromatic carbocycles. The van der Waals surface area contributed by atoms with E-state index in [4.69, 9.17) is 9.47 Å². The first kappa shape index (κ1) is 19.3. The fourth-order valence-electron chi connectivity index (χ4n) is 3.52. The fourth-order valence-corrected chi connectivity index (χ4v) is 3.52. The van der Waals surface area contributed by atoms with Crippen molar-refractivity contribution in [1.82, 2.24) is 10.2 Å². The third-order valence-electron chi connectivity index (χ3n) is 4.87. The Morgan fingerprint density at radius 3 is 2.70 bits per heavy atom. The smallest absolute Gasteiger partial charge is 0.253 e. The number of hydrogen-bond acceptors (Lipinski definition) is 4. The average molecular weight is 372 g/mol. The summed E-state index contributed by atoms with van der Waals surface area (Å²) in [6.45, 7) is 7.84. The highest BCUT2D eigenvalue weighted by molar-refractivity contribution is 5.99. The lowest BCUT2D eigenvalue weighted by Crippen LogP contribution is -2.45. The Morgan fingerprint density at radius 2 is 2.04 bits per heavy atom. The molecule has 1 fully saturated rings. The van der Waals surface area contributed by atoms with Crippen molar-refractivity contribution < 1.29 is 19.1 Å². The molecular formula is C21H28N2O4. The Morgan fingerprint density at radius 1 is 1.30 bits per heavy atom. The van der Waals surface area contributed by atoms with Crippen LogP contribution in [0, 0.1) is 5.92 Å². The SMILES string of the molecule is CCOc1cccc2c1OCC(C(=O)N1CCC(C(=O)NC(C)C)CC1)=C2. The Kier molecular flexibility index (Phi) is 6.04. The summed E-state index contributed by atoms with van der Waals surface area (Å²) in [5.74, 6) is 1.47. The molecule has 27 heavy (non-hydrogen) atoms. The van der Waals surface area contributed by atoms with Crippen LogP contribution in [0.1, 0.15) is 39.2 Å². The molecule has 1 saturated heterocycles. The van der Waals surface area contributed by atoms with Gasteiger partial charge in [-0.3, -0.25) is 9.59 Å². The average Bonchev–Trinajstić information content (AvgIpc) is 2.67. The van der Waals surface area contributed by atoms with Crippen molar-refractivity contribution in [2.45, 2.75) is 39.7 Å². The zero-order valence-corrected chi connectivity index (χ0v) is 16.3. The maximum atomic E-state index is 12.9. The number of ether oxygens (including phenoxy) is 2. The van der Waals surface area contributed by atoms with Crippen LogP contribution < -0.4 is 14.8 Å². The molecule has 1 aromatic rings. The van der Waals surface area contributed by atoms with Gasteiger partial charge in [-0.15, -0.1) is 0 Å². The van der Waals surface area contributed by atoms with Gasteiger partial charge in [0.1, 0.15) is 6.61 Å². The van der Waals surface area contributed by atoms with E-state index in [0.29, 0.717) is 49.6 Å². The van der Waals surface area contributed by atoms with Gasteiger partial charge in [-0.1, -0.05) is 12.1 Å². The third kappa shape index (κ3) is 4.43. The normalized spacial score (nSPS) is 17.0. The summed E-state index contributed by atoms with van der Waals surface area (Å²) in [7, 11) is 0. The first-order chi connectivity index (χ1) is 13.0. The second kappa shape index (κ2) is 8.46. The number of carbonyl (C=O) groups excluding carboxylic acids is 2. The highest BCUT2D eigenvalue weighted by atomic mass is 16.5. The fraction of sp³-hybridized carbons (Fsp3) is 0.524. The third-order valence-corrected chi connectivity index (χ3v) is 4.87. The minimum absolute atomic E-state index is 0.00909. The molecule has 0 atom stereocenters. The second-order valence-electron chi connectivity index (χ2n) is 7.30. The van der Waals surface area contributed by atoms with Crippen LogP contribution in [0.3, 0.4) is 0 Å². The van der Waals surface area contributed by atoms with Gasteiger partial charge in [0, 0.05) is 30.6 Å². The topological polar surface area (TPSA) is 67.9 Å². The van der Waals surface area contributed by atoms with E-state index in [2.05, 4.69) is 5.32 Å². The molecule has 0 spiro atoms. The lowest BCUT2D eigenvalue weighted by atomic mass is 9.95. The van der Waals surface area contributed by atoms with Crippen LogP contribution in [-0.2, 0) is 9.59 Å². The number of likely N-dealkylation sites (tertiary alicyclic amines) is 1. The van der Waals surface area contributed by atoms with Crippen LogP contribution in [0.4, 0.5) is 0 Å². The Bertz CT molecular complexity index is 734. The van der Waals surface area contributed by atoms with E-state index in [1.54, 1.807) is 0 Å². The van der Waals surface area contributed by atoms with Gasteiger partial charge >= 0.3 is 0 Å². The van der Waals surface area contributed by atoms with E-state index in [0.717, 1.165) is 5.56 Å². The zero-order valence-electron chi connectivity index (χ0n) is 16.3. The summed E-state index contributed by atoms with van der Waals surface area (Å²) in [6, 6.07) is 5.84. The van der Waals surface area contributed by atoms with Crippen LogP contribution in [-0.4, -0.2) is 49.1 Å². The standard InChI is InChI=1S/C21H28N2O4/c1-4-26-18-7-5-6-16-12-17(13-27-19(16)18)21(25)23-10-8-15(9-11-23)20(24)22-14(2)3/h5-7,12,14-15H,4,8-11,13H2,1-3H3,(H,22,24). The molecule has 2 amide bonds. The number of para-hydroxylation sites is 1. The Labute approximate surface area is 160 Å². The van der Waals surface area contributed by atoms with Crippen molar-refractivity contribution in [3.05, 3.63) is 29.3 Å². The largest absolute Gasteiger partial charge is 0.490 e. The van der Waals surface area contributed by atoms with Crippen molar-refractivity contribution in [3.63, 3.8) is 0 Å². The van der Waals surface area contributed by atoms with E-state index in [1.807, 2.05) is 49.9 Å². The molecule has 0 unspecified atom stereocenters. The molecule has 0 radical (unpaired) electrons. The van der Waals surface area contributed by atoms with Crippen molar-refractivity contribution in [3.8, 4) is 11.5 Å². The van der Waals surface area contributed by atoms with Crippen molar-refractivity contribution >= 4 is 17.9 Å². The van der Waals surface area contributed by atoms with E-state index < -0.39 is 0 Å². The van der Waals surface area contributed by atoms with Gasteiger partial charge < -0.3 is 19.7 Å². The quantitative estimate of drug-likeness (QED) is 0.863. The molecule has 6 nitrogen and oxygen atoms in total. The highest BCUT2D eigenvalue weighted by Gasteiger charge is 2.30. The monoisotopic (exact) mass is 372 g/mol. The molecule has 3 rings (SSSR count). The van der Waals surface area contributed by atoms with Gasteiger partial charge in [0.05, 0.1) is 12.2 Å². The zero-order chi connectivity index (χ0) is 19.4. The molecule has 6 heteroatoms. The van der Waals surface area contributed by atoms with Gasteiger partial charge in [-0.2, -0.15) is 0 Å². The van der Waals surface area contributed by atoms with Gasteiger partial charge in [-0.25, -0.2) is 0 Å². The summed E-state index contributed by atoms with van der Waals surface area (Å²) in [4.78, 5) is 26.9. The maximum Gasteiger partial charge on any atom is 0.253 e. The highest BCUT2D eigenvalue weighted by Crippen LogP contribution is 2.36. The van der Waals surface area contributed by atoms with Gasteiger partial charge in [-0.05, 0) is 45.8 Å². The Balaban J connectivity index is 1.64. The predicted octanol–water partition coefficient (Wildman–Crippen LogP) is 2.62. The van der Waals surface area contributed by atoms with Crippen LogP contribution in [0.15, 0.2) is 23.8 Å². The number of benzene rings is 1. The first-order valence-corrected chi connectivity index (χ1v) is 9.68. The molecule has 146 valence electrons. The number of hydrogen-bond donors (Lipinski definition) is 1. The number of piperidine rings is 1. The number of carbonyl (C=O) groups is 2. The van der Waals surface area contributed by atoms with Gasteiger partial charge in [0.25, 0.3) is 5.91 Å². The summed E-state index contributed by atoms with van der Waals surface area (Å²) in [5, 5.41) is 2.96. The number of fused-ring (bicyclic) bond motifs is 1. The number of rotatable bonds is 5.